The Hall–Kier alpha value is -2.38. The first-order chi connectivity index (χ1) is 10.3. The molecule has 3 unspecified atom stereocenters. The van der Waals surface area contributed by atoms with E-state index in [1.54, 1.807) is 6.92 Å². The maximum Gasteiger partial charge on any atom is 0.328 e. The molecule has 0 amide bonds. The molecule has 1 N–H and O–H groups in total. The van der Waals surface area contributed by atoms with Gasteiger partial charge in [-0.05, 0) is 13.3 Å². The van der Waals surface area contributed by atoms with E-state index in [1.807, 2.05) is 0 Å². The summed E-state index contributed by atoms with van der Waals surface area (Å²) < 4.78 is 11.5. The third kappa shape index (κ3) is 3.63. The number of carbonyl (C=O) groups excluding carboxylic acids is 2. The van der Waals surface area contributed by atoms with Crippen LogP contribution in [0.3, 0.4) is 0 Å². The molecule has 1 aliphatic carbocycles. The smallest absolute Gasteiger partial charge is 0.328 e. The Labute approximate surface area is 126 Å². The zero-order valence-corrected chi connectivity index (χ0v) is 12.6. The fourth-order valence-electron chi connectivity index (χ4n) is 2.41. The number of aromatic amines is 1. The van der Waals surface area contributed by atoms with Crippen LogP contribution in [-0.2, 0) is 19.1 Å². The van der Waals surface area contributed by atoms with E-state index >= 15 is 0 Å². The van der Waals surface area contributed by atoms with Crippen LogP contribution in [0.1, 0.15) is 31.9 Å². The minimum absolute atomic E-state index is 0.0484. The fraction of sp³-hybridized carbons (Fsp3) is 0.571. The number of ether oxygens (including phenoxy) is 2. The molecular weight excluding hydrogens is 292 g/mol. The summed E-state index contributed by atoms with van der Waals surface area (Å²) in [7, 11) is 0. The third-order valence-electron chi connectivity index (χ3n) is 3.55. The first kappa shape index (κ1) is 16.0. The number of esters is 2. The van der Waals surface area contributed by atoms with Crippen molar-refractivity contribution in [2.75, 3.05) is 6.61 Å². The van der Waals surface area contributed by atoms with Crippen molar-refractivity contribution in [3.8, 4) is 0 Å². The number of H-pyrrole nitrogens is 1. The van der Waals surface area contributed by atoms with Gasteiger partial charge in [0.15, 0.2) is 0 Å². The standard InChI is InChI=1S/C14H18N2O6/c1-7-5-16(14(20)15-13(7)19)11-4-10(11)12(22-9(3)18)6-21-8(2)17/h5,10-12H,4,6H2,1-3H3,(H,15,19,20). The lowest BCUT2D eigenvalue weighted by molar-refractivity contribution is -0.157. The first-order valence-electron chi connectivity index (χ1n) is 6.92. The molecule has 0 aliphatic heterocycles. The van der Waals surface area contributed by atoms with Crippen LogP contribution in [-0.4, -0.2) is 34.2 Å². The van der Waals surface area contributed by atoms with Crippen molar-refractivity contribution in [3.05, 3.63) is 32.6 Å². The Morgan fingerprint density at radius 1 is 1.36 bits per heavy atom. The molecule has 8 heteroatoms. The lowest BCUT2D eigenvalue weighted by Crippen LogP contribution is -2.32. The van der Waals surface area contributed by atoms with Crippen LogP contribution in [0.5, 0.6) is 0 Å². The maximum atomic E-state index is 11.8. The number of aryl methyl sites for hydroxylation is 1. The second-order valence-electron chi connectivity index (χ2n) is 5.40. The SMILES string of the molecule is CC(=O)OCC(OC(C)=O)C1CC1n1cc(C)c(=O)[nH]c1=O. The van der Waals surface area contributed by atoms with Gasteiger partial charge in [-0.25, -0.2) is 4.79 Å². The molecule has 8 nitrogen and oxygen atoms in total. The summed E-state index contributed by atoms with van der Waals surface area (Å²) in [5.74, 6) is -1.08. The summed E-state index contributed by atoms with van der Waals surface area (Å²) in [5.41, 5.74) is -0.499. The van der Waals surface area contributed by atoms with Crippen LogP contribution >= 0.6 is 0 Å². The van der Waals surface area contributed by atoms with Crippen molar-refractivity contribution in [2.24, 2.45) is 5.92 Å². The van der Waals surface area contributed by atoms with E-state index in [9.17, 15) is 19.2 Å². The van der Waals surface area contributed by atoms with Gasteiger partial charge in [-0.15, -0.1) is 0 Å². The summed E-state index contributed by atoms with van der Waals surface area (Å²) in [6, 6.07) is -0.192. The van der Waals surface area contributed by atoms with E-state index < -0.39 is 29.3 Å². The quantitative estimate of drug-likeness (QED) is 0.761. The lowest BCUT2D eigenvalue weighted by atomic mass is 10.2. The van der Waals surface area contributed by atoms with Crippen molar-refractivity contribution >= 4 is 11.9 Å². The van der Waals surface area contributed by atoms with E-state index in [0.29, 0.717) is 12.0 Å². The van der Waals surface area contributed by atoms with E-state index in [0.717, 1.165) is 0 Å². The summed E-state index contributed by atoms with van der Waals surface area (Å²) in [5, 5.41) is 0. The minimum Gasteiger partial charge on any atom is -0.462 e. The third-order valence-corrected chi connectivity index (χ3v) is 3.55. The molecule has 1 fully saturated rings. The number of nitrogens with zero attached hydrogens (tertiary/aromatic N) is 1. The molecule has 120 valence electrons. The van der Waals surface area contributed by atoms with Crippen molar-refractivity contribution in [1.82, 2.24) is 9.55 Å². The molecule has 0 bridgehead atoms. The molecule has 1 aromatic rings. The monoisotopic (exact) mass is 310 g/mol. The molecule has 1 aliphatic rings. The van der Waals surface area contributed by atoms with Gasteiger partial charge in [-0.3, -0.25) is 23.9 Å². The zero-order valence-electron chi connectivity index (χ0n) is 12.6. The van der Waals surface area contributed by atoms with Gasteiger partial charge in [0.05, 0.1) is 0 Å². The number of hydrogen-bond donors (Lipinski definition) is 1. The molecule has 0 radical (unpaired) electrons. The van der Waals surface area contributed by atoms with E-state index in [-0.39, 0.29) is 18.6 Å². The topological polar surface area (TPSA) is 107 Å². The molecule has 1 saturated carbocycles. The number of rotatable bonds is 5. The Kier molecular flexibility index (Phi) is 4.48. The van der Waals surface area contributed by atoms with Crippen molar-refractivity contribution in [2.45, 2.75) is 39.3 Å². The molecule has 22 heavy (non-hydrogen) atoms. The molecular formula is C14H18N2O6. The van der Waals surface area contributed by atoms with Crippen molar-refractivity contribution < 1.29 is 19.1 Å². The van der Waals surface area contributed by atoms with Crippen molar-refractivity contribution in [1.29, 1.82) is 0 Å². The highest BCUT2D eigenvalue weighted by molar-refractivity contribution is 5.67. The molecule has 1 heterocycles. The average Bonchev–Trinajstić information content (AvgIpc) is 3.18. The second kappa shape index (κ2) is 6.17. The van der Waals surface area contributed by atoms with Gasteiger partial charge in [-0.2, -0.15) is 0 Å². The van der Waals surface area contributed by atoms with Gasteiger partial charge in [-0.1, -0.05) is 0 Å². The molecule has 1 aromatic heterocycles. The highest BCUT2D eigenvalue weighted by atomic mass is 16.6. The Morgan fingerprint density at radius 3 is 2.64 bits per heavy atom. The summed E-state index contributed by atoms with van der Waals surface area (Å²) in [4.78, 5) is 47.5. The predicted octanol–water partition coefficient (Wildman–Crippen LogP) is -0.0992. The highest BCUT2D eigenvalue weighted by Crippen LogP contribution is 2.46. The zero-order chi connectivity index (χ0) is 16.4. The Bertz CT molecular complexity index is 704. The van der Waals surface area contributed by atoms with Crippen molar-refractivity contribution in [3.63, 3.8) is 0 Å². The van der Waals surface area contributed by atoms with Crippen LogP contribution in [0.4, 0.5) is 0 Å². The fourth-order valence-corrected chi connectivity index (χ4v) is 2.41. The van der Waals surface area contributed by atoms with E-state index in [4.69, 9.17) is 9.47 Å². The lowest BCUT2D eigenvalue weighted by Gasteiger charge is -2.17. The summed E-state index contributed by atoms with van der Waals surface area (Å²) in [6.45, 7) is 4.10. The number of hydrogen-bond acceptors (Lipinski definition) is 6. The van der Waals surface area contributed by atoms with Crippen LogP contribution in [0.15, 0.2) is 15.8 Å². The van der Waals surface area contributed by atoms with Gasteiger partial charge in [0.2, 0.25) is 0 Å². The number of nitrogens with one attached hydrogen (secondary N) is 1. The molecule has 0 spiro atoms. The van der Waals surface area contributed by atoms with Gasteiger partial charge in [0.25, 0.3) is 5.56 Å². The van der Waals surface area contributed by atoms with Gasteiger partial charge >= 0.3 is 17.6 Å². The van der Waals surface area contributed by atoms with Crippen LogP contribution in [0.25, 0.3) is 0 Å². The largest absolute Gasteiger partial charge is 0.462 e. The first-order valence-corrected chi connectivity index (χ1v) is 6.92. The molecule has 0 saturated heterocycles. The van der Waals surface area contributed by atoms with Gasteiger partial charge < -0.3 is 9.47 Å². The predicted molar refractivity (Wildman–Crippen MR) is 75.4 cm³/mol. The highest BCUT2D eigenvalue weighted by Gasteiger charge is 2.47. The maximum absolute atomic E-state index is 11.8. The average molecular weight is 310 g/mol. The Morgan fingerprint density at radius 2 is 2.05 bits per heavy atom. The molecule has 0 aromatic carbocycles. The minimum atomic E-state index is -0.606. The molecule has 3 atom stereocenters. The van der Waals surface area contributed by atoms with Crippen LogP contribution in [0, 0.1) is 12.8 Å². The summed E-state index contributed by atoms with van der Waals surface area (Å²) >= 11 is 0. The van der Waals surface area contributed by atoms with Gasteiger partial charge in [0.1, 0.15) is 12.7 Å². The normalized spacial score (nSPS) is 21.0. The second-order valence-corrected chi connectivity index (χ2v) is 5.40. The number of aromatic nitrogens is 2. The molecule has 2 rings (SSSR count). The van der Waals surface area contributed by atoms with Gasteiger partial charge in [0, 0.05) is 37.6 Å². The van der Waals surface area contributed by atoms with E-state index in [2.05, 4.69) is 4.98 Å². The van der Waals surface area contributed by atoms with Crippen LogP contribution < -0.4 is 11.2 Å². The Balaban J connectivity index is 2.15. The van der Waals surface area contributed by atoms with E-state index in [1.165, 1.54) is 24.6 Å². The number of carbonyl (C=O) groups is 2. The van der Waals surface area contributed by atoms with Crippen LogP contribution in [0.2, 0.25) is 0 Å². The summed E-state index contributed by atoms with van der Waals surface area (Å²) in [6.07, 6.45) is 1.48.